The molecule has 1 N–H and O–H groups in total. The quantitative estimate of drug-likeness (QED) is 0.553. The summed E-state index contributed by atoms with van der Waals surface area (Å²) in [7, 11) is 1.61. The van der Waals surface area contributed by atoms with E-state index in [4.69, 9.17) is 4.74 Å². The van der Waals surface area contributed by atoms with Gasteiger partial charge in [0.05, 0.1) is 19.3 Å². The number of halogens is 1. The largest absolute Gasteiger partial charge is 0.497 e. The average molecular weight is 376 g/mol. The van der Waals surface area contributed by atoms with Crippen LogP contribution in [-0.2, 0) is 6.54 Å². The molecular weight excluding hydrogens is 359 g/mol. The molecule has 2 heterocycles. The lowest BCUT2D eigenvalue weighted by Gasteiger charge is -2.11. The second-order valence-corrected chi connectivity index (χ2v) is 6.37. The highest BCUT2D eigenvalue weighted by Crippen LogP contribution is 2.31. The Kier molecular flexibility index (Phi) is 4.53. The van der Waals surface area contributed by atoms with Crippen molar-refractivity contribution in [3.8, 4) is 17.0 Å². The number of nitrogens with zero attached hydrogens (tertiary/aromatic N) is 2. The fourth-order valence-electron chi connectivity index (χ4n) is 3.25. The van der Waals surface area contributed by atoms with Gasteiger partial charge in [0.25, 0.3) is 0 Å². The summed E-state index contributed by atoms with van der Waals surface area (Å²) in [6, 6.07) is 19.0. The van der Waals surface area contributed by atoms with E-state index in [0.717, 1.165) is 27.9 Å². The lowest BCUT2D eigenvalue weighted by Crippen LogP contribution is -2.07. The number of carboxylic acids is 1. The molecule has 0 radical (unpaired) electrons. The maximum Gasteiger partial charge on any atom is 0.354 e. The Labute approximate surface area is 160 Å². The van der Waals surface area contributed by atoms with E-state index in [1.54, 1.807) is 31.4 Å². The molecule has 5 nitrogen and oxygen atoms in total. The fraction of sp³-hybridized carbons (Fsp3) is 0.0909. The van der Waals surface area contributed by atoms with Crippen LogP contribution < -0.4 is 4.74 Å². The van der Waals surface area contributed by atoms with E-state index in [1.807, 2.05) is 28.8 Å². The van der Waals surface area contributed by atoms with Crippen molar-refractivity contribution >= 4 is 16.9 Å². The summed E-state index contributed by atoms with van der Waals surface area (Å²) in [6.07, 6.45) is 0. The van der Waals surface area contributed by atoms with Gasteiger partial charge in [-0.3, -0.25) is 0 Å². The molecule has 0 spiro atoms. The first-order valence-electron chi connectivity index (χ1n) is 8.67. The van der Waals surface area contributed by atoms with Gasteiger partial charge in [-0.05, 0) is 66.2 Å². The van der Waals surface area contributed by atoms with Gasteiger partial charge in [0.1, 0.15) is 17.3 Å². The molecule has 0 saturated heterocycles. The molecule has 0 saturated carbocycles. The maximum atomic E-state index is 13.4. The first-order chi connectivity index (χ1) is 13.5. The molecule has 2 aromatic carbocycles. The molecule has 140 valence electrons. The van der Waals surface area contributed by atoms with E-state index in [0.29, 0.717) is 12.2 Å². The van der Waals surface area contributed by atoms with E-state index in [-0.39, 0.29) is 11.5 Å². The SMILES string of the molecule is COc1ccc2c(c1)cc(-c1ccc(F)cc1)n2Cc1cccc(C(=O)O)n1. The monoisotopic (exact) mass is 376 g/mol. The number of aromatic nitrogens is 2. The van der Waals surface area contributed by atoms with Crippen molar-refractivity contribution in [1.29, 1.82) is 0 Å². The van der Waals surface area contributed by atoms with Crippen molar-refractivity contribution < 1.29 is 19.0 Å². The average Bonchev–Trinajstić information content (AvgIpc) is 3.06. The minimum atomic E-state index is -1.07. The van der Waals surface area contributed by atoms with E-state index in [1.165, 1.54) is 18.2 Å². The van der Waals surface area contributed by atoms with Gasteiger partial charge in [0.15, 0.2) is 0 Å². The van der Waals surface area contributed by atoms with E-state index < -0.39 is 5.97 Å². The van der Waals surface area contributed by atoms with E-state index in [9.17, 15) is 14.3 Å². The Balaban J connectivity index is 1.87. The highest BCUT2D eigenvalue weighted by atomic mass is 19.1. The van der Waals surface area contributed by atoms with Crippen molar-refractivity contribution in [3.05, 3.63) is 83.9 Å². The van der Waals surface area contributed by atoms with Crippen molar-refractivity contribution in [2.75, 3.05) is 7.11 Å². The minimum absolute atomic E-state index is 0.000960. The van der Waals surface area contributed by atoms with Crippen LogP contribution in [0.15, 0.2) is 66.7 Å². The Morgan fingerprint density at radius 2 is 1.89 bits per heavy atom. The van der Waals surface area contributed by atoms with Crippen LogP contribution in [0.2, 0.25) is 0 Å². The second-order valence-electron chi connectivity index (χ2n) is 6.37. The summed E-state index contributed by atoms with van der Waals surface area (Å²) in [5.41, 5.74) is 3.30. The second kappa shape index (κ2) is 7.15. The molecule has 0 aliphatic heterocycles. The van der Waals surface area contributed by atoms with E-state index >= 15 is 0 Å². The predicted octanol–water partition coefficient (Wildman–Crippen LogP) is 4.60. The number of ether oxygens (including phenoxy) is 1. The third-order valence-corrected chi connectivity index (χ3v) is 4.59. The Bertz CT molecular complexity index is 1170. The van der Waals surface area contributed by atoms with Crippen molar-refractivity contribution in [2.45, 2.75) is 6.54 Å². The number of fused-ring (bicyclic) bond motifs is 1. The van der Waals surface area contributed by atoms with Crippen LogP contribution >= 0.6 is 0 Å². The number of hydrogen-bond donors (Lipinski definition) is 1. The normalized spacial score (nSPS) is 10.9. The first kappa shape index (κ1) is 17.7. The molecule has 0 bridgehead atoms. The van der Waals surface area contributed by atoms with Gasteiger partial charge in [0.2, 0.25) is 0 Å². The van der Waals surface area contributed by atoms with Crippen LogP contribution in [0, 0.1) is 5.82 Å². The molecule has 2 aromatic heterocycles. The number of carbonyl (C=O) groups is 1. The Morgan fingerprint density at radius 1 is 1.11 bits per heavy atom. The lowest BCUT2D eigenvalue weighted by molar-refractivity contribution is 0.0690. The van der Waals surface area contributed by atoms with Crippen LogP contribution in [0.25, 0.3) is 22.2 Å². The zero-order valence-electron chi connectivity index (χ0n) is 15.1. The van der Waals surface area contributed by atoms with Crippen LogP contribution in [0.1, 0.15) is 16.2 Å². The van der Waals surface area contributed by atoms with Crippen LogP contribution in [0.4, 0.5) is 4.39 Å². The summed E-state index contributed by atoms with van der Waals surface area (Å²) in [5, 5.41) is 10.2. The third-order valence-electron chi connectivity index (χ3n) is 4.59. The number of pyridine rings is 1. The maximum absolute atomic E-state index is 13.4. The smallest absolute Gasteiger partial charge is 0.354 e. The molecule has 28 heavy (non-hydrogen) atoms. The topological polar surface area (TPSA) is 64.3 Å². The van der Waals surface area contributed by atoms with Crippen molar-refractivity contribution in [2.24, 2.45) is 0 Å². The molecule has 0 unspecified atom stereocenters. The van der Waals surface area contributed by atoms with Crippen LogP contribution in [0.3, 0.4) is 0 Å². The number of methoxy groups -OCH3 is 1. The number of benzene rings is 2. The van der Waals surface area contributed by atoms with Crippen LogP contribution in [-0.4, -0.2) is 27.7 Å². The molecule has 0 aliphatic rings. The van der Waals surface area contributed by atoms with E-state index in [2.05, 4.69) is 4.98 Å². The molecule has 4 rings (SSSR count). The van der Waals surface area contributed by atoms with Gasteiger partial charge in [0, 0.05) is 16.6 Å². The summed E-state index contributed by atoms with van der Waals surface area (Å²) in [5.74, 6) is -0.632. The zero-order chi connectivity index (χ0) is 19.7. The zero-order valence-corrected chi connectivity index (χ0v) is 15.1. The Morgan fingerprint density at radius 3 is 2.61 bits per heavy atom. The van der Waals surface area contributed by atoms with Gasteiger partial charge in [-0.1, -0.05) is 6.07 Å². The fourth-order valence-corrected chi connectivity index (χ4v) is 3.25. The number of rotatable bonds is 5. The standard InChI is InChI=1S/C22H17FN2O3/c1-28-18-9-10-20-15(11-18)12-21(14-5-7-16(23)8-6-14)25(20)13-17-3-2-4-19(24-17)22(26)27/h2-12H,13H2,1H3,(H,26,27). The van der Waals surface area contributed by atoms with Crippen molar-refractivity contribution in [1.82, 2.24) is 9.55 Å². The molecule has 0 atom stereocenters. The number of aromatic carboxylic acids is 1. The Hall–Kier alpha value is -3.67. The first-order valence-corrected chi connectivity index (χ1v) is 8.67. The summed E-state index contributed by atoms with van der Waals surface area (Å²) in [6.45, 7) is 0.379. The molecule has 4 aromatic rings. The molecular formula is C22H17FN2O3. The van der Waals surface area contributed by atoms with Gasteiger partial charge in [-0.25, -0.2) is 14.2 Å². The molecule has 0 aliphatic carbocycles. The summed E-state index contributed by atoms with van der Waals surface area (Å²) >= 11 is 0. The number of carboxylic acid groups (broad SMARTS) is 1. The highest BCUT2D eigenvalue weighted by Gasteiger charge is 2.14. The van der Waals surface area contributed by atoms with Crippen molar-refractivity contribution in [3.63, 3.8) is 0 Å². The van der Waals surface area contributed by atoms with Gasteiger partial charge < -0.3 is 14.4 Å². The highest BCUT2D eigenvalue weighted by molar-refractivity contribution is 5.88. The molecule has 6 heteroatoms. The summed E-state index contributed by atoms with van der Waals surface area (Å²) in [4.78, 5) is 15.5. The summed E-state index contributed by atoms with van der Waals surface area (Å²) < 4.78 is 20.7. The van der Waals surface area contributed by atoms with Gasteiger partial charge in [-0.2, -0.15) is 0 Å². The minimum Gasteiger partial charge on any atom is -0.497 e. The lowest BCUT2D eigenvalue weighted by atomic mass is 10.1. The van der Waals surface area contributed by atoms with Crippen LogP contribution in [0.5, 0.6) is 5.75 Å². The third kappa shape index (κ3) is 3.32. The van der Waals surface area contributed by atoms with Gasteiger partial charge in [-0.15, -0.1) is 0 Å². The molecule has 0 fully saturated rings. The molecule has 0 amide bonds. The predicted molar refractivity (Wildman–Crippen MR) is 104 cm³/mol. The van der Waals surface area contributed by atoms with Gasteiger partial charge >= 0.3 is 5.97 Å². The number of hydrogen-bond acceptors (Lipinski definition) is 3.